The number of fused-ring (bicyclic) bond motifs is 1. The van der Waals surface area contributed by atoms with Crippen LogP contribution in [0.3, 0.4) is 0 Å². The average Bonchev–Trinajstić information content (AvgIpc) is 2.83. The number of hydrogen-bond acceptors (Lipinski definition) is 4. The molecule has 0 atom stereocenters. The summed E-state index contributed by atoms with van der Waals surface area (Å²) in [6.45, 7) is 4.63. The number of hydrogen-bond donors (Lipinski definition) is 2. The van der Waals surface area contributed by atoms with Gasteiger partial charge in [0.15, 0.2) is 0 Å². The fraction of sp³-hybridized carbons (Fsp3) is 0.385. The van der Waals surface area contributed by atoms with E-state index in [1.165, 1.54) is 0 Å². The van der Waals surface area contributed by atoms with Gasteiger partial charge in [-0.25, -0.2) is 9.78 Å². The van der Waals surface area contributed by atoms with Gasteiger partial charge in [0.05, 0.1) is 11.9 Å². The van der Waals surface area contributed by atoms with Gasteiger partial charge in [0, 0.05) is 32.7 Å². The number of aromatic nitrogens is 2. The van der Waals surface area contributed by atoms with Gasteiger partial charge in [-0.05, 0) is 12.1 Å². The van der Waals surface area contributed by atoms with Gasteiger partial charge in [-0.1, -0.05) is 6.07 Å². The Morgan fingerprint density at radius 1 is 1.37 bits per heavy atom. The lowest BCUT2D eigenvalue weighted by Gasteiger charge is -2.26. The summed E-state index contributed by atoms with van der Waals surface area (Å²) in [4.78, 5) is 17.9. The van der Waals surface area contributed by atoms with Crippen molar-refractivity contribution in [3.05, 3.63) is 35.8 Å². The summed E-state index contributed by atoms with van der Waals surface area (Å²) in [6, 6.07) is 5.16. The first-order valence-electron chi connectivity index (χ1n) is 6.37. The van der Waals surface area contributed by atoms with E-state index in [-0.39, 0.29) is 5.69 Å². The van der Waals surface area contributed by atoms with Gasteiger partial charge < -0.3 is 10.4 Å². The number of piperazine rings is 1. The van der Waals surface area contributed by atoms with Crippen molar-refractivity contribution >= 4 is 11.6 Å². The first-order valence-corrected chi connectivity index (χ1v) is 6.37. The van der Waals surface area contributed by atoms with Gasteiger partial charge in [-0.15, -0.1) is 0 Å². The van der Waals surface area contributed by atoms with Crippen LogP contribution in [-0.4, -0.2) is 51.5 Å². The third-order valence-electron chi connectivity index (χ3n) is 3.42. The minimum absolute atomic E-state index is 0.264. The molecule has 1 aliphatic rings. The van der Waals surface area contributed by atoms with Crippen LogP contribution in [0.2, 0.25) is 0 Å². The van der Waals surface area contributed by atoms with Crippen LogP contribution in [0.25, 0.3) is 5.65 Å². The van der Waals surface area contributed by atoms with Gasteiger partial charge in [-0.2, -0.15) is 0 Å². The third-order valence-corrected chi connectivity index (χ3v) is 3.42. The van der Waals surface area contributed by atoms with Gasteiger partial charge in [0.25, 0.3) is 0 Å². The molecule has 0 amide bonds. The Balaban J connectivity index is 1.96. The van der Waals surface area contributed by atoms with E-state index in [9.17, 15) is 9.90 Å². The second kappa shape index (κ2) is 4.99. The lowest BCUT2D eigenvalue weighted by Crippen LogP contribution is -2.43. The van der Waals surface area contributed by atoms with Crippen molar-refractivity contribution in [2.75, 3.05) is 26.2 Å². The van der Waals surface area contributed by atoms with Crippen molar-refractivity contribution in [1.29, 1.82) is 0 Å². The molecule has 1 saturated heterocycles. The van der Waals surface area contributed by atoms with Crippen LogP contribution in [0.5, 0.6) is 0 Å². The quantitative estimate of drug-likeness (QED) is 0.838. The van der Waals surface area contributed by atoms with Crippen molar-refractivity contribution in [3.8, 4) is 0 Å². The monoisotopic (exact) mass is 260 g/mol. The molecule has 0 bridgehead atoms. The zero-order chi connectivity index (χ0) is 13.2. The van der Waals surface area contributed by atoms with Gasteiger partial charge in [0.2, 0.25) is 0 Å². The van der Waals surface area contributed by atoms with E-state index in [2.05, 4.69) is 15.2 Å². The maximum atomic E-state index is 11.3. The zero-order valence-corrected chi connectivity index (χ0v) is 10.5. The number of imidazole rings is 1. The van der Waals surface area contributed by atoms with Gasteiger partial charge in [-0.3, -0.25) is 9.30 Å². The summed E-state index contributed by atoms with van der Waals surface area (Å²) < 4.78 is 1.73. The molecule has 1 fully saturated rings. The lowest BCUT2D eigenvalue weighted by atomic mass is 10.3. The van der Waals surface area contributed by atoms with E-state index < -0.39 is 5.97 Å². The Bertz CT molecular complexity index is 602. The molecule has 0 unspecified atom stereocenters. The molecule has 0 aliphatic carbocycles. The minimum atomic E-state index is -0.926. The summed E-state index contributed by atoms with van der Waals surface area (Å²) in [5.74, 6) is -0.926. The highest BCUT2D eigenvalue weighted by Gasteiger charge is 2.16. The molecule has 2 aromatic heterocycles. The molecule has 3 heterocycles. The molecule has 19 heavy (non-hydrogen) atoms. The molecular formula is C13H16N4O2. The molecule has 6 heteroatoms. The predicted molar refractivity (Wildman–Crippen MR) is 70.3 cm³/mol. The number of carboxylic acids is 1. The largest absolute Gasteiger partial charge is 0.477 e. The van der Waals surface area contributed by atoms with E-state index in [1.54, 1.807) is 22.7 Å². The van der Waals surface area contributed by atoms with Crippen molar-refractivity contribution < 1.29 is 9.90 Å². The first-order chi connectivity index (χ1) is 9.25. The van der Waals surface area contributed by atoms with Crippen LogP contribution >= 0.6 is 0 Å². The minimum Gasteiger partial charge on any atom is -0.477 e. The van der Waals surface area contributed by atoms with E-state index in [4.69, 9.17) is 0 Å². The Morgan fingerprint density at radius 2 is 2.16 bits per heavy atom. The lowest BCUT2D eigenvalue weighted by molar-refractivity contribution is 0.0688. The van der Waals surface area contributed by atoms with E-state index in [0.717, 1.165) is 38.4 Å². The van der Waals surface area contributed by atoms with Gasteiger partial charge >= 0.3 is 5.97 Å². The summed E-state index contributed by atoms with van der Waals surface area (Å²) in [6.07, 6.45) is 1.77. The normalized spacial score (nSPS) is 16.8. The summed E-state index contributed by atoms with van der Waals surface area (Å²) in [5.41, 5.74) is 1.88. The summed E-state index contributed by atoms with van der Waals surface area (Å²) in [5, 5.41) is 12.6. The Hall–Kier alpha value is -1.92. The molecule has 0 saturated carbocycles. The molecule has 0 radical (unpaired) electrons. The topological polar surface area (TPSA) is 69.9 Å². The fourth-order valence-corrected chi connectivity index (χ4v) is 2.48. The number of carbonyl (C=O) groups is 1. The predicted octanol–water partition coefficient (Wildman–Crippen LogP) is 0.438. The summed E-state index contributed by atoms with van der Waals surface area (Å²) in [7, 11) is 0. The first kappa shape index (κ1) is 12.1. The second-order valence-corrected chi connectivity index (χ2v) is 4.69. The van der Waals surface area contributed by atoms with Gasteiger partial charge in [0.1, 0.15) is 11.3 Å². The summed E-state index contributed by atoms with van der Waals surface area (Å²) >= 11 is 0. The molecule has 6 nitrogen and oxygen atoms in total. The molecule has 3 rings (SSSR count). The number of pyridine rings is 1. The van der Waals surface area contributed by atoms with Crippen LogP contribution in [-0.2, 0) is 6.54 Å². The molecule has 0 aromatic carbocycles. The van der Waals surface area contributed by atoms with Crippen LogP contribution in [0, 0.1) is 0 Å². The highest BCUT2D eigenvalue weighted by molar-refractivity contribution is 5.86. The van der Waals surface area contributed by atoms with Crippen LogP contribution < -0.4 is 5.32 Å². The Kier molecular flexibility index (Phi) is 3.18. The van der Waals surface area contributed by atoms with Crippen LogP contribution in [0.15, 0.2) is 24.4 Å². The van der Waals surface area contributed by atoms with Crippen molar-refractivity contribution in [2.24, 2.45) is 0 Å². The van der Waals surface area contributed by atoms with Crippen molar-refractivity contribution in [2.45, 2.75) is 6.54 Å². The number of nitrogens with one attached hydrogen (secondary N) is 1. The molecule has 2 aromatic rings. The molecular weight excluding hydrogens is 244 g/mol. The molecule has 2 N–H and O–H groups in total. The standard InChI is InChI=1S/C13H16N4O2/c18-13(19)11-2-1-3-12-15-8-10(17(11)12)9-16-6-4-14-5-7-16/h1-3,8,14H,4-7,9H2,(H,18,19). The third kappa shape index (κ3) is 2.32. The number of aromatic carboxylic acids is 1. The maximum absolute atomic E-state index is 11.3. The molecule has 0 spiro atoms. The fourth-order valence-electron chi connectivity index (χ4n) is 2.48. The van der Waals surface area contributed by atoms with Crippen LogP contribution in [0.4, 0.5) is 0 Å². The molecule has 1 aliphatic heterocycles. The zero-order valence-electron chi connectivity index (χ0n) is 10.5. The SMILES string of the molecule is O=C(O)c1cccc2ncc(CN3CCNCC3)n12. The second-order valence-electron chi connectivity index (χ2n) is 4.69. The average molecular weight is 260 g/mol. The Labute approximate surface area is 110 Å². The molecule has 100 valence electrons. The van der Waals surface area contributed by atoms with Crippen molar-refractivity contribution in [3.63, 3.8) is 0 Å². The number of rotatable bonds is 3. The van der Waals surface area contributed by atoms with E-state index >= 15 is 0 Å². The smallest absolute Gasteiger partial charge is 0.352 e. The highest BCUT2D eigenvalue weighted by atomic mass is 16.4. The maximum Gasteiger partial charge on any atom is 0.352 e. The van der Waals surface area contributed by atoms with E-state index in [1.807, 2.05) is 6.07 Å². The van der Waals surface area contributed by atoms with Crippen LogP contribution in [0.1, 0.15) is 16.2 Å². The Morgan fingerprint density at radius 3 is 2.89 bits per heavy atom. The van der Waals surface area contributed by atoms with E-state index in [0.29, 0.717) is 5.65 Å². The highest BCUT2D eigenvalue weighted by Crippen LogP contribution is 2.13. The number of nitrogens with zero attached hydrogens (tertiary/aromatic N) is 3. The van der Waals surface area contributed by atoms with Crippen molar-refractivity contribution in [1.82, 2.24) is 19.6 Å². The number of carboxylic acid groups (broad SMARTS) is 1.